The van der Waals surface area contributed by atoms with Crippen LogP contribution in [0.2, 0.25) is 0 Å². The summed E-state index contributed by atoms with van der Waals surface area (Å²) in [6.45, 7) is -1.13. The van der Waals surface area contributed by atoms with E-state index in [2.05, 4.69) is 9.98 Å². The summed E-state index contributed by atoms with van der Waals surface area (Å²) in [6.07, 6.45) is -7.06. The Kier molecular flexibility index (Phi) is 7.10. The van der Waals surface area contributed by atoms with Crippen molar-refractivity contribution in [2.45, 2.75) is 18.1 Å². The van der Waals surface area contributed by atoms with Crippen LogP contribution in [0.25, 0.3) is 5.73 Å². The lowest BCUT2D eigenvalue weighted by Crippen LogP contribution is -2.45. The highest BCUT2D eigenvalue weighted by Gasteiger charge is 2.48. The van der Waals surface area contributed by atoms with Gasteiger partial charge >= 0.3 is 12.1 Å². The molecule has 0 unspecified atom stereocenters. The van der Waals surface area contributed by atoms with E-state index in [1.807, 2.05) is 0 Å². The van der Waals surface area contributed by atoms with Crippen LogP contribution in [0.1, 0.15) is 21.6 Å². The lowest BCUT2D eigenvalue weighted by molar-refractivity contribution is -0.140. The number of alkyl halides is 5. The van der Waals surface area contributed by atoms with Crippen LogP contribution in [0.4, 0.5) is 32.0 Å². The third kappa shape index (κ3) is 5.42. The van der Waals surface area contributed by atoms with Crippen LogP contribution in [-0.4, -0.2) is 41.5 Å². The highest BCUT2D eigenvalue weighted by atomic mass is 19.4. The van der Waals surface area contributed by atoms with Gasteiger partial charge in [-0.25, -0.2) is 22.9 Å². The van der Waals surface area contributed by atoms with Gasteiger partial charge in [0.15, 0.2) is 5.54 Å². The highest BCUT2D eigenvalue weighted by molar-refractivity contribution is 5.85. The van der Waals surface area contributed by atoms with E-state index in [4.69, 9.17) is 21.3 Å². The Morgan fingerprint density at radius 3 is 2.42 bits per heavy atom. The summed E-state index contributed by atoms with van der Waals surface area (Å²) < 4.78 is 84.1. The van der Waals surface area contributed by atoms with Gasteiger partial charge in [-0.15, -0.1) is 5.69 Å². The molecule has 2 heterocycles. The zero-order valence-corrected chi connectivity index (χ0v) is 15.5. The van der Waals surface area contributed by atoms with Gasteiger partial charge in [0.1, 0.15) is 24.0 Å². The number of nitrogens with zero attached hydrogens (tertiary/aromatic N) is 2. The van der Waals surface area contributed by atoms with Crippen molar-refractivity contribution in [1.82, 2.24) is 4.98 Å². The Bertz CT molecular complexity index is 969. The monoisotopic (exact) mass is 449 g/mol. The minimum Gasteiger partial charge on any atom is -0.699 e. The predicted octanol–water partition coefficient (Wildman–Crippen LogP) is 4.16. The molecule has 4 N–H and O–H groups in total. The molecular formula is C18H15F6N4O3-. The fraction of sp³-hybridized carbons (Fsp3) is 0.278. The van der Waals surface area contributed by atoms with E-state index in [-0.39, 0.29) is 18.4 Å². The number of hydrogen-bond acceptors (Lipinski definition) is 5. The van der Waals surface area contributed by atoms with Crippen molar-refractivity contribution in [1.29, 1.82) is 0 Å². The van der Waals surface area contributed by atoms with Crippen molar-refractivity contribution in [2.24, 2.45) is 10.7 Å². The molecule has 31 heavy (non-hydrogen) atoms. The number of pyridine rings is 1. The number of nitrogens with one attached hydrogen (secondary N) is 1. The summed E-state index contributed by atoms with van der Waals surface area (Å²) in [4.78, 5) is 17.2. The maximum Gasteiger partial charge on any atom is 0.419 e. The number of aromatic nitrogens is 1. The van der Waals surface area contributed by atoms with E-state index in [9.17, 15) is 31.1 Å². The first-order chi connectivity index (χ1) is 14.4. The number of carboxylic acids is 1. The third-order valence-electron chi connectivity index (χ3n) is 4.00. The van der Waals surface area contributed by atoms with Crippen molar-refractivity contribution in [3.05, 3.63) is 64.9 Å². The van der Waals surface area contributed by atoms with E-state index in [0.29, 0.717) is 6.07 Å². The fourth-order valence-corrected chi connectivity index (χ4v) is 2.63. The molecule has 7 nitrogen and oxygen atoms in total. The lowest BCUT2D eigenvalue weighted by atomic mass is 9.88. The molecule has 1 aliphatic heterocycles. The van der Waals surface area contributed by atoms with Gasteiger partial charge in [0.25, 0.3) is 6.43 Å². The highest BCUT2D eigenvalue weighted by Crippen LogP contribution is 2.42. The summed E-state index contributed by atoms with van der Waals surface area (Å²) in [6, 6.07) is 5.54. The largest absolute Gasteiger partial charge is 0.699 e. The molecule has 1 atom stereocenters. The molecule has 0 saturated carbocycles. The van der Waals surface area contributed by atoms with E-state index >= 15 is 0 Å². The number of aromatic carboxylic acids is 1. The van der Waals surface area contributed by atoms with Crippen LogP contribution in [0.15, 0.2) is 41.5 Å². The minimum atomic E-state index is -5.13. The number of rotatable bonds is 3. The van der Waals surface area contributed by atoms with Crippen LogP contribution >= 0.6 is 0 Å². The molecule has 0 spiro atoms. The summed E-state index contributed by atoms with van der Waals surface area (Å²) in [5, 5.41) is 8.32. The van der Waals surface area contributed by atoms with Crippen LogP contribution in [0, 0.1) is 5.82 Å². The first-order valence-corrected chi connectivity index (χ1v) is 8.35. The first-order valence-electron chi connectivity index (χ1n) is 8.35. The van der Waals surface area contributed by atoms with Crippen molar-refractivity contribution >= 4 is 17.5 Å². The molecular weight excluding hydrogens is 434 g/mol. The molecule has 2 aromatic rings. The summed E-state index contributed by atoms with van der Waals surface area (Å²) in [5.74, 6) is -3.30. The van der Waals surface area contributed by atoms with Gasteiger partial charge in [0, 0.05) is 11.8 Å². The maximum absolute atomic E-state index is 14.2. The molecule has 0 radical (unpaired) electrons. The SMILES string of the molecule is O=C(O)c1ccccn1.[NH-]c1cc(C(F)(F)F)c(F)c([C@]2(C(F)F)COCC(N)=N2)c1. The van der Waals surface area contributed by atoms with Crippen molar-refractivity contribution in [2.75, 3.05) is 13.2 Å². The average Bonchev–Trinajstić information content (AvgIpc) is 2.69. The Morgan fingerprint density at radius 2 is 1.97 bits per heavy atom. The number of benzene rings is 1. The molecule has 13 heteroatoms. The zero-order chi connectivity index (χ0) is 23.4. The van der Waals surface area contributed by atoms with E-state index in [1.54, 1.807) is 12.1 Å². The van der Waals surface area contributed by atoms with E-state index < -0.39 is 59.2 Å². The van der Waals surface area contributed by atoms with Gasteiger partial charge < -0.3 is 21.3 Å². The van der Waals surface area contributed by atoms with Gasteiger partial charge in [0.05, 0.1) is 12.2 Å². The average molecular weight is 449 g/mol. The van der Waals surface area contributed by atoms with Crippen molar-refractivity contribution < 1.29 is 41.0 Å². The molecule has 0 aliphatic carbocycles. The second-order valence-electron chi connectivity index (χ2n) is 6.22. The van der Waals surface area contributed by atoms with Crippen LogP contribution in [-0.2, 0) is 16.5 Å². The smallest absolute Gasteiger partial charge is 0.419 e. The molecule has 0 amide bonds. The number of hydrogen-bond donors (Lipinski definition) is 2. The number of ether oxygens (including phenoxy) is 1. The van der Waals surface area contributed by atoms with Crippen molar-refractivity contribution in [3.8, 4) is 0 Å². The van der Waals surface area contributed by atoms with Crippen molar-refractivity contribution in [3.63, 3.8) is 0 Å². The summed E-state index contributed by atoms with van der Waals surface area (Å²) in [5.41, 5.74) is 6.34. The van der Waals surface area contributed by atoms with E-state index in [0.717, 1.165) is 0 Å². The predicted molar refractivity (Wildman–Crippen MR) is 96.7 cm³/mol. The molecule has 3 rings (SSSR count). The first kappa shape index (κ1) is 23.9. The van der Waals surface area contributed by atoms with Gasteiger partial charge in [-0.05, 0) is 12.1 Å². The summed E-state index contributed by atoms with van der Waals surface area (Å²) >= 11 is 0. The number of halogens is 6. The second kappa shape index (κ2) is 9.20. The topological polar surface area (TPSA) is 122 Å². The Morgan fingerprint density at radius 1 is 1.29 bits per heavy atom. The van der Waals surface area contributed by atoms with Gasteiger partial charge in [-0.1, -0.05) is 18.2 Å². The Labute approximate surface area is 171 Å². The standard InChI is InChI=1S/C12H10F6N3O.C6H5NO2/c13-9-6(1-5(19)2-7(9)12(16,17)18)11(10(14)15)4-22-3-8(20)21-11;8-6(9)5-3-1-2-4-7-5/h1-2,10,19H,3-4H2,(H2,20,21);1-4H,(H,8,9)/q-1;/t11-;/m0./s1. The molecule has 1 aromatic heterocycles. The minimum absolute atomic E-state index is 0.0810. The van der Waals surface area contributed by atoms with E-state index in [1.165, 1.54) is 12.3 Å². The van der Waals surface area contributed by atoms with Crippen LogP contribution in [0.3, 0.4) is 0 Å². The molecule has 1 aromatic carbocycles. The molecule has 0 bridgehead atoms. The number of carboxylic acid groups (broad SMARTS) is 1. The fourth-order valence-electron chi connectivity index (χ4n) is 2.63. The molecule has 0 fully saturated rings. The normalized spacial score (nSPS) is 18.7. The number of nitrogens with two attached hydrogens (primary N) is 1. The Balaban J connectivity index is 0.000000316. The van der Waals surface area contributed by atoms with Gasteiger partial charge in [0.2, 0.25) is 0 Å². The summed E-state index contributed by atoms with van der Waals surface area (Å²) in [7, 11) is 0. The lowest BCUT2D eigenvalue weighted by Gasteiger charge is -2.34. The number of aliphatic imine (C=N–C) groups is 1. The quantitative estimate of drug-likeness (QED) is 0.682. The second-order valence-corrected chi connectivity index (χ2v) is 6.22. The molecule has 0 saturated heterocycles. The van der Waals surface area contributed by atoms with Gasteiger partial charge in [-0.2, -0.15) is 13.2 Å². The Hall–Kier alpha value is -3.35. The molecule has 168 valence electrons. The third-order valence-corrected chi connectivity index (χ3v) is 4.00. The number of carbonyl (C=O) groups is 1. The maximum atomic E-state index is 14.2. The zero-order valence-electron chi connectivity index (χ0n) is 15.5. The van der Waals surface area contributed by atoms with Crippen LogP contribution < -0.4 is 5.73 Å². The van der Waals surface area contributed by atoms with Gasteiger partial charge in [-0.3, -0.25) is 4.99 Å². The molecule has 1 aliphatic rings. The number of amidine groups is 1. The van der Waals surface area contributed by atoms with Crippen LogP contribution in [0.5, 0.6) is 0 Å².